The summed E-state index contributed by atoms with van der Waals surface area (Å²) >= 11 is 0. The Morgan fingerprint density at radius 3 is 2.81 bits per heavy atom. The maximum absolute atomic E-state index is 12.0. The van der Waals surface area contributed by atoms with Crippen molar-refractivity contribution in [2.45, 2.75) is 45.6 Å². The minimum absolute atomic E-state index is 0.359. The van der Waals surface area contributed by atoms with Crippen molar-refractivity contribution in [1.82, 2.24) is 25.3 Å². The number of anilines is 1. The van der Waals surface area contributed by atoms with Crippen molar-refractivity contribution in [3.05, 3.63) is 24.7 Å². The molecule has 0 aliphatic carbocycles. The first-order valence-electron chi connectivity index (χ1n) is 11.0. The average Bonchev–Trinajstić information content (AvgIpc) is 3.01. The van der Waals surface area contributed by atoms with E-state index in [1.54, 1.807) is 19.6 Å². The summed E-state index contributed by atoms with van der Waals surface area (Å²) in [6.07, 6.45) is 5.98. The van der Waals surface area contributed by atoms with Crippen LogP contribution in [-0.2, 0) is 4.74 Å². The Morgan fingerprint density at radius 1 is 1.19 bits per heavy atom. The largest absolute Gasteiger partial charge is 0.481 e. The lowest BCUT2D eigenvalue weighted by molar-refractivity contribution is 0.0518. The smallest absolute Gasteiger partial charge is 0.407 e. The van der Waals surface area contributed by atoms with Gasteiger partial charge in [0.05, 0.1) is 24.2 Å². The minimum Gasteiger partial charge on any atom is -0.481 e. The number of hydrogen-bond donors (Lipinski definition) is 1. The van der Waals surface area contributed by atoms with Crippen LogP contribution < -0.4 is 15.0 Å². The zero-order valence-electron chi connectivity index (χ0n) is 19.1. The fourth-order valence-corrected chi connectivity index (χ4v) is 4.07. The highest BCUT2D eigenvalue weighted by Gasteiger charge is 2.23. The second-order valence-corrected chi connectivity index (χ2v) is 9.11. The molecule has 0 spiro atoms. The van der Waals surface area contributed by atoms with Gasteiger partial charge in [0, 0.05) is 31.1 Å². The molecule has 1 N–H and O–H groups in total. The number of rotatable bonds is 4. The van der Waals surface area contributed by atoms with Gasteiger partial charge in [-0.1, -0.05) is 0 Å². The number of nitrogens with one attached hydrogen (secondary N) is 1. The number of methoxy groups -OCH3 is 1. The van der Waals surface area contributed by atoms with Crippen molar-refractivity contribution in [2.24, 2.45) is 5.92 Å². The fraction of sp³-hybridized carbons (Fsp3) is 0.522. The van der Waals surface area contributed by atoms with Crippen LogP contribution in [0.4, 0.5) is 10.6 Å². The number of pyridine rings is 2. The standard InChI is InChI=1S/C23H30N6O3/c1-23(2,3)32-22(30)25-12-15-6-5-10-29(11-9-15)21-19-16-7-8-18(31-4)28-20(16)24-13-17(19)26-14-27-21/h7-8,13-15H,5-6,9-12H2,1-4H3,(H,25,30). The van der Waals surface area contributed by atoms with Crippen molar-refractivity contribution in [3.63, 3.8) is 0 Å². The molecule has 9 nitrogen and oxygen atoms in total. The summed E-state index contributed by atoms with van der Waals surface area (Å²) in [7, 11) is 1.59. The second-order valence-electron chi connectivity index (χ2n) is 9.11. The van der Waals surface area contributed by atoms with E-state index in [2.05, 4.69) is 30.2 Å². The Bertz CT molecular complexity index is 1110. The molecule has 1 saturated heterocycles. The fourth-order valence-electron chi connectivity index (χ4n) is 4.07. The number of amides is 1. The van der Waals surface area contributed by atoms with Gasteiger partial charge >= 0.3 is 6.09 Å². The topological polar surface area (TPSA) is 102 Å². The zero-order chi connectivity index (χ0) is 22.7. The third-order valence-corrected chi connectivity index (χ3v) is 5.57. The molecule has 1 aliphatic heterocycles. The monoisotopic (exact) mass is 438 g/mol. The summed E-state index contributed by atoms with van der Waals surface area (Å²) in [5.74, 6) is 1.82. The highest BCUT2D eigenvalue weighted by molar-refractivity contribution is 6.08. The summed E-state index contributed by atoms with van der Waals surface area (Å²) < 4.78 is 10.6. The summed E-state index contributed by atoms with van der Waals surface area (Å²) in [6, 6.07) is 3.80. The van der Waals surface area contributed by atoms with Gasteiger partial charge in [0.1, 0.15) is 17.7 Å². The van der Waals surface area contributed by atoms with Crippen LogP contribution in [0.5, 0.6) is 5.88 Å². The van der Waals surface area contributed by atoms with E-state index < -0.39 is 5.60 Å². The van der Waals surface area contributed by atoms with Crippen LogP contribution >= 0.6 is 0 Å². The molecule has 1 unspecified atom stereocenters. The Morgan fingerprint density at radius 2 is 2.03 bits per heavy atom. The van der Waals surface area contributed by atoms with E-state index in [4.69, 9.17) is 9.47 Å². The molecule has 9 heteroatoms. The molecule has 1 fully saturated rings. The Hall–Kier alpha value is -3.23. The molecule has 0 bridgehead atoms. The molecule has 170 valence electrons. The predicted octanol–water partition coefficient (Wildman–Crippen LogP) is 3.71. The minimum atomic E-state index is -0.491. The number of carbonyl (C=O) groups is 1. The van der Waals surface area contributed by atoms with Crippen LogP contribution in [0.25, 0.3) is 21.9 Å². The summed E-state index contributed by atoms with van der Waals surface area (Å²) in [4.78, 5) is 32.3. The Kier molecular flexibility index (Phi) is 6.25. The van der Waals surface area contributed by atoms with E-state index >= 15 is 0 Å². The van der Waals surface area contributed by atoms with Crippen LogP contribution in [-0.4, -0.2) is 58.4 Å². The van der Waals surface area contributed by atoms with Gasteiger partial charge in [-0.3, -0.25) is 0 Å². The lowest BCUT2D eigenvalue weighted by atomic mass is 10.0. The molecule has 32 heavy (non-hydrogen) atoms. The van der Waals surface area contributed by atoms with Gasteiger partial charge in [0.25, 0.3) is 0 Å². The first-order valence-corrected chi connectivity index (χ1v) is 11.0. The third kappa shape index (κ3) is 4.98. The van der Waals surface area contributed by atoms with E-state index in [0.29, 0.717) is 24.0 Å². The molecule has 4 heterocycles. The predicted molar refractivity (Wildman–Crippen MR) is 123 cm³/mol. The summed E-state index contributed by atoms with van der Waals surface area (Å²) in [5.41, 5.74) is 0.915. The SMILES string of the molecule is COc1ccc2c(ncc3ncnc(N4CCCC(CNC(=O)OC(C)(C)C)CC4)c32)n1. The van der Waals surface area contributed by atoms with Gasteiger partial charge in [0.15, 0.2) is 5.65 Å². The number of alkyl carbamates (subject to hydrolysis) is 1. The molecule has 0 saturated carbocycles. The maximum atomic E-state index is 12.0. The highest BCUT2D eigenvalue weighted by Crippen LogP contribution is 2.31. The van der Waals surface area contributed by atoms with Gasteiger partial charge in [-0.05, 0) is 52.0 Å². The first-order chi connectivity index (χ1) is 15.3. The van der Waals surface area contributed by atoms with Crippen LogP contribution in [0.3, 0.4) is 0 Å². The van der Waals surface area contributed by atoms with Crippen molar-refractivity contribution in [1.29, 1.82) is 0 Å². The number of ether oxygens (including phenoxy) is 2. The van der Waals surface area contributed by atoms with E-state index in [9.17, 15) is 4.79 Å². The quantitative estimate of drug-likeness (QED) is 0.615. The highest BCUT2D eigenvalue weighted by atomic mass is 16.6. The maximum Gasteiger partial charge on any atom is 0.407 e. The molecular formula is C23H30N6O3. The Labute approximate surface area is 187 Å². The van der Waals surface area contributed by atoms with E-state index in [0.717, 1.165) is 54.5 Å². The Balaban J connectivity index is 1.52. The summed E-state index contributed by atoms with van der Waals surface area (Å²) in [5, 5.41) is 4.79. The van der Waals surface area contributed by atoms with Crippen LogP contribution in [0.2, 0.25) is 0 Å². The van der Waals surface area contributed by atoms with Crippen molar-refractivity contribution >= 4 is 33.8 Å². The van der Waals surface area contributed by atoms with Crippen LogP contribution in [0, 0.1) is 5.92 Å². The van der Waals surface area contributed by atoms with Crippen molar-refractivity contribution < 1.29 is 14.3 Å². The molecular weight excluding hydrogens is 408 g/mol. The van der Waals surface area contributed by atoms with Gasteiger partial charge in [0.2, 0.25) is 5.88 Å². The lowest BCUT2D eigenvalue weighted by Gasteiger charge is -2.23. The van der Waals surface area contributed by atoms with E-state index in [1.807, 2.05) is 32.9 Å². The normalized spacial score (nSPS) is 17.2. The molecule has 0 aromatic carbocycles. The average molecular weight is 439 g/mol. The molecule has 4 rings (SSSR count). The number of fused-ring (bicyclic) bond motifs is 3. The zero-order valence-corrected chi connectivity index (χ0v) is 19.1. The molecule has 1 aliphatic rings. The van der Waals surface area contributed by atoms with Crippen LogP contribution in [0.15, 0.2) is 24.7 Å². The summed E-state index contributed by atoms with van der Waals surface area (Å²) in [6.45, 7) is 7.96. The van der Waals surface area contributed by atoms with Gasteiger partial charge in [-0.15, -0.1) is 0 Å². The van der Waals surface area contributed by atoms with Crippen LogP contribution in [0.1, 0.15) is 40.0 Å². The molecule has 1 amide bonds. The number of carbonyl (C=O) groups excluding carboxylic acids is 1. The first kappa shape index (κ1) is 22.0. The van der Waals surface area contributed by atoms with Gasteiger partial charge < -0.3 is 19.7 Å². The van der Waals surface area contributed by atoms with Crippen molar-refractivity contribution in [3.8, 4) is 5.88 Å². The molecule has 1 atom stereocenters. The van der Waals surface area contributed by atoms with Crippen molar-refractivity contribution in [2.75, 3.05) is 31.6 Å². The lowest BCUT2D eigenvalue weighted by Crippen LogP contribution is -2.35. The van der Waals surface area contributed by atoms with Gasteiger partial charge in [-0.2, -0.15) is 4.98 Å². The third-order valence-electron chi connectivity index (χ3n) is 5.57. The van der Waals surface area contributed by atoms with Gasteiger partial charge in [-0.25, -0.2) is 19.7 Å². The number of aromatic nitrogens is 4. The number of nitrogens with zero attached hydrogens (tertiary/aromatic N) is 5. The number of hydrogen-bond acceptors (Lipinski definition) is 8. The molecule has 0 radical (unpaired) electrons. The van der Waals surface area contributed by atoms with E-state index in [-0.39, 0.29) is 6.09 Å². The second kappa shape index (κ2) is 9.10. The van der Waals surface area contributed by atoms with E-state index in [1.165, 1.54) is 0 Å². The molecule has 3 aromatic heterocycles. The molecule has 3 aromatic rings.